The van der Waals surface area contributed by atoms with Crippen LogP contribution in [0.5, 0.6) is 11.5 Å². The largest absolute Gasteiger partial charge is 0.457 e. The first-order chi connectivity index (χ1) is 9.51. The highest BCUT2D eigenvalue weighted by molar-refractivity contribution is 9.10. The molecule has 0 saturated heterocycles. The molecule has 0 aliphatic carbocycles. The van der Waals surface area contributed by atoms with Gasteiger partial charge in [0.05, 0.1) is 17.7 Å². The molecule has 2 aromatic carbocycles. The van der Waals surface area contributed by atoms with E-state index in [2.05, 4.69) is 22.0 Å². The summed E-state index contributed by atoms with van der Waals surface area (Å²) in [6.45, 7) is 3.64. The molecule has 0 aromatic heterocycles. The first-order valence-electron chi connectivity index (χ1n) is 6.17. The molecule has 2 rings (SSSR count). The van der Waals surface area contributed by atoms with E-state index in [1.54, 1.807) is 25.1 Å². The molecule has 0 heterocycles. The van der Waals surface area contributed by atoms with Crippen molar-refractivity contribution >= 4 is 15.9 Å². The lowest BCUT2D eigenvalue weighted by molar-refractivity contribution is 0.195. The number of aliphatic hydroxyl groups excluding tert-OH is 1. The summed E-state index contributed by atoms with van der Waals surface area (Å²) in [5.41, 5.74) is 2.21. The summed E-state index contributed by atoms with van der Waals surface area (Å²) in [6, 6.07) is 12.7. The third-order valence-corrected chi connectivity index (χ3v) is 3.84. The van der Waals surface area contributed by atoms with E-state index in [0.717, 1.165) is 10.0 Å². The number of benzene rings is 2. The zero-order chi connectivity index (χ0) is 14.7. The summed E-state index contributed by atoms with van der Waals surface area (Å²) in [5, 5.41) is 18.7. The predicted molar refractivity (Wildman–Crippen MR) is 80.7 cm³/mol. The number of rotatable bonds is 3. The molecule has 0 fully saturated rings. The van der Waals surface area contributed by atoms with Crippen molar-refractivity contribution in [1.29, 1.82) is 5.26 Å². The van der Waals surface area contributed by atoms with Crippen LogP contribution in [-0.4, -0.2) is 5.11 Å². The SMILES string of the molecule is Cc1cc(Oc2cc(C#N)ccc2C(C)O)ccc1Br. The monoisotopic (exact) mass is 331 g/mol. The maximum absolute atomic E-state index is 9.77. The van der Waals surface area contributed by atoms with Gasteiger partial charge in [-0.05, 0) is 49.7 Å². The lowest BCUT2D eigenvalue weighted by Crippen LogP contribution is -1.97. The normalized spacial score (nSPS) is 11.8. The van der Waals surface area contributed by atoms with E-state index in [1.807, 2.05) is 25.1 Å². The van der Waals surface area contributed by atoms with Gasteiger partial charge in [-0.25, -0.2) is 0 Å². The minimum absolute atomic E-state index is 0.498. The molecule has 0 aliphatic heterocycles. The number of hydrogen-bond acceptors (Lipinski definition) is 3. The molecule has 102 valence electrons. The maximum Gasteiger partial charge on any atom is 0.134 e. The van der Waals surface area contributed by atoms with Crippen LogP contribution in [0, 0.1) is 18.3 Å². The molecule has 3 nitrogen and oxygen atoms in total. The van der Waals surface area contributed by atoms with E-state index in [-0.39, 0.29) is 0 Å². The van der Waals surface area contributed by atoms with E-state index in [9.17, 15) is 5.11 Å². The van der Waals surface area contributed by atoms with E-state index in [0.29, 0.717) is 22.6 Å². The Morgan fingerprint density at radius 2 is 2.00 bits per heavy atom. The Hall–Kier alpha value is -1.83. The Morgan fingerprint density at radius 3 is 2.60 bits per heavy atom. The smallest absolute Gasteiger partial charge is 0.134 e. The van der Waals surface area contributed by atoms with Crippen molar-refractivity contribution in [2.24, 2.45) is 0 Å². The summed E-state index contributed by atoms with van der Waals surface area (Å²) in [7, 11) is 0. The van der Waals surface area contributed by atoms with Gasteiger partial charge in [-0.3, -0.25) is 0 Å². The Balaban J connectivity index is 2.40. The van der Waals surface area contributed by atoms with Crippen molar-refractivity contribution in [1.82, 2.24) is 0 Å². The topological polar surface area (TPSA) is 53.2 Å². The summed E-state index contributed by atoms with van der Waals surface area (Å²) in [5.74, 6) is 1.17. The van der Waals surface area contributed by atoms with Gasteiger partial charge in [0.1, 0.15) is 11.5 Å². The van der Waals surface area contributed by atoms with Crippen LogP contribution < -0.4 is 4.74 Å². The summed E-state index contributed by atoms with van der Waals surface area (Å²) < 4.78 is 6.82. The second kappa shape index (κ2) is 6.08. The van der Waals surface area contributed by atoms with Crippen LogP contribution in [0.3, 0.4) is 0 Å². The third kappa shape index (κ3) is 3.19. The molecule has 1 unspecified atom stereocenters. The quantitative estimate of drug-likeness (QED) is 0.902. The van der Waals surface area contributed by atoms with Crippen molar-refractivity contribution in [3.05, 3.63) is 57.6 Å². The van der Waals surface area contributed by atoms with Crippen molar-refractivity contribution < 1.29 is 9.84 Å². The molecule has 1 N–H and O–H groups in total. The predicted octanol–water partition coefficient (Wildman–Crippen LogP) is 4.47. The summed E-state index contributed by atoms with van der Waals surface area (Å²) >= 11 is 3.44. The average Bonchev–Trinajstić information content (AvgIpc) is 2.42. The van der Waals surface area contributed by atoms with E-state index < -0.39 is 6.10 Å². The molecule has 20 heavy (non-hydrogen) atoms. The minimum Gasteiger partial charge on any atom is -0.457 e. The molecule has 0 amide bonds. The second-order valence-electron chi connectivity index (χ2n) is 4.55. The lowest BCUT2D eigenvalue weighted by Gasteiger charge is -2.14. The number of halogens is 1. The van der Waals surface area contributed by atoms with Crippen LogP contribution in [0.25, 0.3) is 0 Å². The lowest BCUT2D eigenvalue weighted by atomic mass is 10.1. The van der Waals surface area contributed by atoms with E-state index in [1.165, 1.54) is 0 Å². The second-order valence-corrected chi connectivity index (χ2v) is 5.41. The molecule has 0 spiro atoms. The van der Waals surface area contributed by atoms with Crippen LogP contribution in [0.1, 0.15) is 29.7 Å². The molecule has 4 heteroatoms. The molecule has 2 aromatic rings. The molecule has 0 aliphatic rings. The average molecular weight is 332 g/mol. The third-order valence-electron chi connectivity index (χ3n) is 2.95. The van der Waals surface area contributed by atoms with Gasteiger partial charge in [0.2, 0.25) is 0 Å². The number of aryl methyl sites for hydroxylation is 1. The highest BCUT2D eigenvalue weighted by Crippen LogP contribution is 2.32. The first kappa shape index (κ1) is 14.6. The van der Waals surface area contributed by atoms with Crippen molar-refractivity contribution in [3.63, 3.8) is 0 Å². The zero-order valence-corrected chi connectivity index (χ0v) is 12.8. The molecule has 0 bridgehead atoms. The maximum atomic E-state index is 9.77. The molecule has 0 radical (unpaired) electrons. The standard InChI is InChI=1S/C16H14BrNO2/c1-10-7-13(4-6-15(10)17)20-16-8-12(9-18)3-5-14(16)11(2)19/h3-8,11,19H,1-2H3. The van der Waals surface area contributed by atoms with Crippen LogP contribution in [0.4, 0.5) is 0 Å². The molecular formula is C16H14BrNO2. The van der Waals surface area contributed by atoms with Gasteiger partial charge < -0.3 is 9.84 Å². The minimum atomic E-state index is -0.658. The van der Waals surface area contributed by atoms with Gasteiger partial charge in [0.15, 0.2) is 0 Å². The van der Waals surface area contributed by atoms with Crippen LogP contribution in [-0.2, 0) is 0 Å². The first-order valence-corrected chi connectivity index (χ1v) is 6.96. The number of aliphatic hydroxyl groups is 1. The van der Waals surface area contributed by atoms with Crippen molar-refractivity contribution in [2.75, 3.05) is 0 Å². The van der Waals surface area contributed by atoms with Crippen LogP contribution in [0.15, 0.2) is 40.9 Å². The summed E-state index contributed by atoms with van der Waals surface area (Å²) in [6.07, 6.45) is -0.658. The van der Waals surface area contributed by atoms with Gasteiger partial charge in [-0.1, -0.05) is 22.0 Å². The van der Waals surface area contributed by atoms with Gasteiger partial charge in [0.25, 0.3) is 0 Å². The number of ether oxygens (including phenoxy) is 1. The number of nitrogens with zero attached hydrogens (tertiary/aromatic N) is 1. The molecular weight excluding hydrogens is 318 g/mol. The van der Waals surface area contributed by atoms with Crippen LogP contribution in [0.2, 0.25) is 0 Å². The fourth-order valence-corrected chi connectivity index (χ4v) is 2.09. The van der Waals surface area contributed by atoms with Gasteiger partial charge >= 0.3 is 0 Å². The summed E-state index contributed by atoms with van der Waals surface area (Å²) in [4.78, 5) is 0. The fourth-order valence-electron chi connectivity index (χ4n) is 1.85. The highest BCUT2D eigenvalue weighted by atomic mass is 79.9. The van der Waals surface area contributed by atoms with Crippen molar-refractivity contribution in [3.8, 4) is 17.6 Å². The van der Waals surface area contributed by atoms with Gasteiger partial charge in [0, 0.05) is 10.0 Å². The van der Waals surface area contributed by atoms with Crippen molar-refractivity contribution in [2.45, 2.75) is 20.0 Å². The highest BCUT2D eigenvalue weighted by Gasteiger charge is 2.11. The van der Waals surface area contributed by atoms with Gasteiger partial charge in [-0.2, -0.15) is 5.26 Å². The Labute approximate surface area is 126 Å². The van der Waals surface area contributed by atoms with E-state index >= 15 is 0 Å². The zero-order valence-electron chi connectivity index (χ0n) is 11.2. The fraction of sp³-hybridized carbons (Fsp3) is 0.188. The van der Waals surface area contributed by atoms with Crippen LogP contribution >= 0.6 is 15.9 Å². The number of nitriles is 1. The Morgan fingerprint density at radius 1 is 1.25 bits per heavy atom. The Bertz CT molecular complexity index is 675. The molecule has 0 saturated carbocycles. The molecule has 1 atom stereocenters. The van der Waals surface area contributed by atoms with Gasteiger partial charge in [-0.15, -0.1) is 0 Å². The van der Waals surface area contributed by atoms with E-state index in [4.69, 9.17) is 10.00 Å². The number of hydrogen-bond donors (Lipinski definition) is 1. The Kier molecular flexibility index (Phi) is 4.43.